The molecule has 0 amide bonds. The first-order chi connectivity index (χ1) is 10.3. The van der Waals surface area contributed by atoms with Crippen LogP contribution < -0.4 is 10.2 Å². The summed E-state index contributed by atoms with van der Waals surface area (Å²) in [6.07, 6.45) is 6.72. The fraction of sp³-hybridized carbons (Fsp3) is 0.667. The number of hydrogen-bond acceptors (Lipinski definition) is 3. The summed E-state index contributed by atoms with van der Waals surface area (Å²) in [6, 6.07) is 9.54. The number of rotatable bonds is 3. The van der Waals surface area contributed by atoms with Gasteiger partial charge in [-0.3, -0.25) is 0 Å². The predicted octanol–water partition coefficient (Wildman–Crippen LogP) is 3.24. The van der Waals surface area contributed by atoms with Crippen molar-refractivity contribution < 1.29 is 5.11 Å². The Balaban J connectivity index is 1.92. The highest BCUT2D eigenvalue weighted by atomic mass is 16.3. The molecule has 3 rings (SSSR count). The molecule has 1 heterocycles. The van der Waals surface area contributed by atoms with Gasteiger partial charge in [-0.15, -0.1) is 0 Å². The van der Waals surface area contributed by atoms with Crippen molar-refractivity contribution >= 4 is 5.69 Å². The zero-order valence-corrected chi connectivity index (χ0v) is 13.1. The molecule has 0 bridgehead atoms. The Bertz CT molecular complexity index is 462. The largest absolute Gasteiger partial charge is 0.391 e. The second-order valence-electron chi connectivity index (χ2n) is 6.42. The van der Waals surface area contributed by atoms with Crippen LogP contribution in [-0.4, -0.2) is 30.3 Å². The summed E-state index contributed by atoms with van der Waals surface area (Å²) in [6.45, 7) is 4.25. The van der Waals surface area contributed by atoms with Crippen LogP contribution in [0.15, 0.2) is 24.3 Å². The number of nitrogens with one attached hydrogen (secondary N) is 1. The lowest BCUT2D eigenvalue weighted by Gasteiger charge is -2.39. The van der Waals surface area contributed by atoms with Crippen LogP contribution >= 0.6 is 0 Å². The highest BCUT2D eigenvalue weighted by molar-refractivity contribution is 5.57. The van der Waals surface area contributed by atoms with Gasteiger partial charge in [0.05, 0.1) is 12.1 Å². The second-order valence-corrected chi connectivity index (χ2v) is 6.42. The third-order valence-corrected chi connectivity index (χ3v) is 5.06. The number of fused-ring (bicyclic) bond motifs is 1. The quantitative estimate of drug-likeness (QED) is 0.896. The molecule has 3 unspecified atom stereocenters. The summed E-state index contributed by atoms with van der Waals surface area (Å²) in [4.78, 5) is 2.50. The van der Waals surface area contributed by atoms with Gasteiger partial charge in [-0.05, 0) is 43.9 Å². The van der Waals surface area contributed by atoms with E-state index in [2.05, 4.69) is 41.4 Å². The molecule has 1 aliphatic carbocycles. The van der Waals surface area contributed by atoms with Gasteiger partial charge in [0, 0.05) is 18.3 Å². The van der Waals surface area contributed by atoms with Crippen LogP contribution in [0.2, 0.25) is 0 Å². The molecule has 1 saturated carbocycles. The zero-order chi connectivity index (χ0) is 14.7. The van der Waals surface area contributed by atoms with E-state index in [1.54, 1.807) is 0 Å². The van der Waals surface area contributed by atoms with Crippen LogP contribution in [0.1, 0.15) is 57.1 Å². The molecule has 1 fully saturated rings. The predicted molar refractivity (Wildman–Crippen MR) is 87.7 cm³/mol. The Morgan fingerprint density at radius 3 is 2.76 bits per heavy atom. The molecule has 21 heavy (non-hydrogen) atoms. The maximum atomic E-state index is 10.5. The molecule has 2 N–H and O–H groups in total. The van der Waals surface area contributed by atoms with Crippen molar-refractivity contribution in [3.8, 4) is 0 Å². The van der Waals surface area contributed by atoms with Gasteiger partial charge in [-0.2, -0.15) is 0 Å². The number of nitrogens with zero attached hydrogens (tertiary/aromatic N) is 1. The van der Waals surface area contributed by atoms with E-state index in [0.717, 1.165) is 25.9 Å². The van der Waals surface area contributed by atoms with E-state index in [9.17, 15) is 5.11 Å². The van der Waals surface area contributed by atoms with Crippen molar-refractivity contribution in [1.82, 2.24) is 5.32 Å². The molecular weight excluding hydrogens is 260 g/mol. The summed E-state index contributed by atoms with van der Waals surface area (Å²) >= 11 is 0. The number of anilines is 1. The normalized spacial score (nSPS) is 29.8. The lowest BCUT2D eigenvalue weighted by Crippen LogP contribution is -2.46. The van der Waals surface area contributed by atoms with Crippen LogP contribution in [-0.2, 0) is 0 Å². The van der Waals surface area contributed by atoms with Crippen molar-refractivity contribution in [2.45, 2.75) is 63.6 Å². The molecule has 116 valence electrons. The van der Waals surface area contributed by atoms with Gasteiger partial charge in [0.25, 0.3) is 0 Å². The molecule has 0 saturated heterocycles. The molecule has 1 aliphatic heterocycles. The van der Waals surface area contributed by atoms with Crippen LogP contribution in [0.4, 0.5) is 5.69 Å². The first-order valence-corrected chi connectivity index (χ1v) is 8.58. The van der Waals surface area contributed by atoms with Crippen molar-refractivity contribution in [2.24, 2.45) is 0 Å². The third-order valence-electron chi connectivity index (χ3n) is 5.06. The topological polar surface area (TPSA) is 35.5 Å². The molecule has 3 nitrogen and oxygen atoms in total. The number of benzene rings is 1. The molecule has 2 aliphatic rings. The van der Waals surface area contributed by atoms with E-state index in [0.29, 0.717) is 12.1 Å². The lowest BCUT2D eigenvalue weighted by molar-refractivity contribution is 0.104. The van der Waals surface area contributed by atoms with Gasteiger partial charge in [-0.25, -0.2) is 0 Å². The highest BCUT2D eigenvalue weighted by Crippen LogP contribution is 2.36. The molecule has 3 atom stereocenters. The zero-order valence-electron chi connectivity index (χ0n) is 13.1. The van der Waals surface area contributed by atoms with Gasteiger partial charge in [-0.1, -0.05) is 38.0 Å². The average Bonchev–Trinajstić information content (AvgIpc) is 2.69. The Morgan fingerprint density at radius 1 is 1.14 bits per heavy atom. The third kappa shape index (κ3) is 3.09. The number of aliphatic hydroxyl groups is 1. The van der Waals surface area contributed by atoms with E-state index in [4.69, 9.17) is 0 Å². The molecule has 0 radical (unpaired) electrons. The SMILES string of the molecule is CCNC1CCCN(C2CCCCC2O)c2ccccc21. The standard InChI is InChI=1S/C18H28N2O/c1-2-19-15-9-7-13-20(16-10-4-3-8-14(15)16)17-11-5-6-12-18(17)21/h3-4,8,10,15,17-19,21H,2,5-7,9,11-13H2,1H3. The van der Waals surface area contributed by atoms with E-state index in [1.165, 1.54) is 36.9 Å². The van der Waals surface area contributed by atoms with Crippen LogP contribution in [0, 0.1) is 0 Å². The minimum atomic E-state index is -0.164. The molecular formula is C18H28N2O. The summed E-state index contributed by atoms with van der Waals surface area (Å²) in [5.74, 6) is 0. The number of hydrogen-bond donors (Lipinski definition) is 2. The van der Waals surface area contributed by atoms with E-state index >= 15 is 0 Å². The monoisotopic (exact) mass is 288 g/mol. The molecule has 0 spiro atoms. The maximum Gasteiger partial charge on any atom is 0.0743 e. The van der Waals surface area contributed by atoms with E-state index in [1.807, 2.05) is 0 Å². The Kier molecular flexibility index (Phi) is 4.81. The minimum absolute atomic E-state index is 0.164. The van der Waals surface area contributed by atoms with Crippen molar-refractivity contribution in [1.29, 1.82) is 0 Å². The van der Waals surface area contributed by atoms with Crippen LogP contribution in [0.5, 0.6) is 0 Å². The van der Waals surface area contributed by atoms with Crippen molar-refractivity contribution in [3.05, 3.63) is 29.8 Å². The summed E-state index contributed by atoms with van der Waals surface area (Å²) in [7, 11) is 0. The van der Waals surface area contributed by atoms with Gasteiger partial charge >= 0.3 is 0 Å². The lowest BCUT2D eigenvalue weighted by atomic mass is 9.90. The van der Waals surface area contributed by atoms with Gasteiger partial charge in [0.1, 0.15) is 0 Å². The second kappa shape index (κ2) is 6.80. The fourth-order valence-corrected chi connectivity index (χ4v) is 4.04. The number of para-hydroxylation sites is 1. The van der Waals surface area contributed by atoms with E-state index in [-0.39, 0.29) is 6.10 Å². The van der Waals surface area contributed by atoms with Gasteiger partial charge < -0.3 is 15.3 Å². The highest BCUT2D eigenvalue weighted by Gasteiger charge is 2.32. The first kappa shape index (κ1) is 14.9. The van der Waals surface area contributed by atoms with Gasteiger partial charge in [0.2, 0.25) is 0 Å². The first-order valence-electron chi connectivity index (χ1n) is 8.58. The molecule has 1 aromatic carbocycles. The van der Waals surface area contributed by atoms with E-state index < -0.39 is 0 Å². The van der Waals surface area contributed by atoms with Crippen LogP contribution in [0.25, 0.3) is 0 Å². The Hall–Kier alpha value is -1.06. The summed E-state index contributed by atoms with van der Waals surface area (Å²) in [5.41, 5.74) is 2.75. The van der Waals surface area contributed by atoms with Crippen molar-refractivity contribution in [2.75, 3.05) is 18.0 Å². The number of aliphatic hydroxyl groups excluding tert-OH is 1. The minimum Gasteiger partial charge on any atom is -0.391 e. The molecule has 3 heteroatoms. The van der Waals surface area contributed by atoms with Crippen LogP contribution in [0.3, 0.4) is 0 Å². The maximum absolute atomic E-state index is 10.5. The smallest absolute Gasteiger partial charge is 0.0743 e. The summed E-state index contributed by atoms with van der Waals surface area (Å²) < 4.78 is 0. The average molecular weight is 288 g/mol. The Morgan fingerprint density at radius 2 is 1.95 bits per heavy atom. The molecule has 0 aromatic heterocycles. The summed E-state index contributed by atoms with van der Waals surface area (Å²) in [5, 5.41) is 14.1. The van der Waals surface area contributed by atoms with Crippen molar-refractivity contribution in [3.63, 3.8) is 0 Å². The Labute approximate surface area is 128 Å². The van der Waals surface area contributed by atoms with Gasteiger partial charge in [0.15, 0.2) is 0 Å². The molecule has 1 aromatic rings. The fourth-order valence-electron chi connectivity index (χ4n) is 4.04.